The van der Waals surface area contributed by atoms with Gasteiger partial charge >= 0.3 is 5.97 Å². The summed E-state index contributed by atoms with van der Waals surface area (Å²) in [5.74, 6) is -0.121. The number of esters is 1. The lowest BCUT2D eigenvalue weighted by atomic mass is 9.54. The van der Waals surface area contributed by atoms with Crippen LogP contribution in [0, 0.1) is 17.3 Å². The van der Waals surface area contributed by atoms with Gasteiger partial charge in [0.25, 0.3) is 0 Å². The molecular weight excluding hydrogens is 260 g/mol. The van der Waals surface area contributed by atoms with Gasteiger partial charge in [0.05, 0.1) is 22.7 Å². The van der Waals surface area contributed by atoms with Crippen LogP contribution in [0.4, 0.5) is 0 Å². The molecule has 5 nitrogen and oxygen atoms in total. The molecule has 5 heteroatoms. The van der Waals surface area contributed by atoms with Crippen molar-refractivity contribution in [3.8, 4) is 0 Å². The van der Waals surface area contributed by atoms with Gasteiger partial charge in [-0.15, -0.1) is 0 Å². The largest absolute Gasteiger partial charge is 0.457 e. The minimum Gasteiger partial charge on any atom is -0.457 e. The minimum atomic E-state index is -0.863. The number of epoxide rings is 1. The maximum absolute atomic E-state index is 12.3. The normalized spacial score (nSPS) is 67.7. The van der Waals surface area contributed by atoms with E-state index in [0.29, 0.717) is 0 Å². The average molecular weight is 280 g/mol. The monoisotopic (exact) mass is 280 g/mol. The van der Waals surface area contributed by atoms with Gasteiger partial charge in [0.15, 0.2) is 0 Å². The number of fused-ring (bicyclic) bond motifs is 1. The van der Waals surface area contributed by atoms with Crippen molar-refractivity contribution in [2.45, 2.75) is 69.2 Å². The Hall–Kier alpha value is -0.650. The van der Waals surface area contributed by atoms with Gasteiger partial charge in [-0.1, -0.05) is 6.92 Å². The van der Waals surface area contributed by atoms with Crippen LogP contribution in [0.3, 0.4) is 0 Å². The molecule has 1 N–H and O–H groups in total. The molecule has 6 unspecified atom stereocenters. The van der Waals surface area contributed by atoms with Gasteiger partial charge in [-0.2, -0.15) is 0 Å². The zero-order valence-electron chi connectivity index (χ0n) is 12.2. The Morgan fingerprint density at radius 1 is 1.30 bits per heavy atom. The summed E-state index contributed by atoms with van der Waals surface area (Å²) in [5.41, 5.74) is -2.26. The van der Waals surface area contributed by atoms with E-state index in [4.69, 9.17) is 14.2 Å². The molecule has 8 atom stereocenters. The highest BCUT2D eigenvalue weighted by Crippen LogP contribution is 2.79. The molecule has 3 aliphatic heterocycles. The second-order valence-electron chi connectivity index (χ2n) is 7.97. The highest BCUT2D eigenvalue weighted by Gasteiger charge is 2.95. The van der Waals surface area contributed by atoms with Gasteiger partial charge in [-0.3, -0.25) is 0 Å². The lowest BCUT2D eigenvalue weighted by Crippen LogP contribution is -2.64. The van der Waals surface area contributed by atoms with Gasteiger partial charge in [0.1, 0.15) is 12.2 Å². The van der Waals surface area contributed by atoms with Crippen LogP contribution in [-0.4, -0.2) is 46.2 Å². The van der Waals surface area contributed by atoms with Crippen molar-refractivity contribution >= 4 is 5.97 Å². The van der Waals surface area contributed by atoms with Crippen LogP contribution < -0.4 is 0 Å². The Morgan fingerprint density at radius 3 is 2.70 bits per heavy atom. The average Bonchev–Trinajstić information content (AvgIpc) is 2.89. The Labute approximate surface area is 117 Å². The maximum Gasteiger partial charge on any atom is 0.342 e. The predicted molar refractivity (Wildman–Crippen MR) is 66.8 cm³/mol. The van der Waals surface area contributed by atoms with Crippen molar-refractivity contribution < 1.29 is 24.1 Å². The van der Waals surface area contributed by atoms with Gasteiger partial charge < -0.3 is 19.3 Å². The van der Waals surface area contributed by atoms with Gasteiger partial charge in [0.2, 0.25) is 5.60 Å². The van der Waals surface area contributed by atoms with Gasteiger partial charge in [-0.25, -0.2) is 4.79 Å². The third kappa shape index (κ3) is 0.775. The molecule has 5 rings (SSSR count). The zero-order chi connectivity index (χ0) is 14.3. The second-order valence-corrected chi connectivity index (χ2v) is 7.97. The van der Waals surface area contributed by atoms with Crippen LogP contribution in [-0.2, 0) is 19.0 Å². The van der Waals surface area contributed by atoms with Crippen LogP contribution in [0.25, 0.3) is 0 Å². The summed E-state index contributed by atoms with van der Waals surface area (Å²) in [7, 11) is 0. The topological polar surface area (TPSA) is 68.3 Å². The van der Waals surface area contributed by atoms with Crippen LogP contribution in [0.2, 0.25) is 0 Å². The fourth-order valence-electron chi connectivity index (χ4n) is 6.43. The SMILES string of the molecule is CC1C2C(O)C3OC(=O)[C@@]45O[C@@H]4CC1(OC2(C)C)C35C. The summed E-state index contributed by atoms with van der Waals surface area (Å²) >= 11 is 0. The number of hydrogen-bond acceptors (Lipinski definition) is 5. The van der Waals surface area contributed by atoms with E-state index in [-0.39, 0.29) is 23.9 Å². The number of hydrogen-bond donors (Lipinski definition) is 1. The van der Waals surface area contributed by atoms with Crippen LogP contribution in [0.1, 0.15) is 34.1 Å². The summed E-state index contributed by atoms with van der Waals surface area (Å²) in [6, 6.07) is 0. The van der Waals surface area contributed by atoms with E-state index < -0.39 is 34.4 Å². The number of aliphatic hydroxyl groups is 1. The summed E-state index contributed by atoms with van der Waals surface area (Å²) in [4.78, 5) is 12.3. The van der Waals surface area contributed by atoms with Crippen molar-refractivity contribution in [3.63, 3.8) is 0 Å². The van der Waals surface area contributed by atoms with Crippen LogP contribution in [0.15, 0.2) is 0 Å². The first-order valence-electron chi connectivity index (χ1n) is 7.49. The molecule has 3 saturated heterocycles. The third-order valence-electron chi connectivity index (χ3n) is 7.17. The first-order valence-corrected chi connectivity index (χ1v) is 7.49. The molecule has 0 aromatic rings. The molecule has 20 heavy (non-hydrogen) atoms. The van der Waals surface area contributed by atoms with E-state index in [2.05, 4.69) is 6.92 Å². The fourth-order valence-corrected chi connectivity index (χ4v) is 6.43. The van der Waals surface area contributed by atoms with Crippen molar-refractivity contribution in [1.29, 1.82) is 0 Å². The molecule has 2 saturated carbocycles. The molecule has 2 spiro atoms. The Kier molecular flexibility index (Phi) is 1.60. The molecule has 0 aromatic heterocycles. The third-order valence-corrected chi connectivity index (χ3v) is 7.17. The highest BCUT2D eigenvalue weighted by molar-refractivity contribution is 5.89. The van der Waals surface area contributed by atoms with Crippen molar-refractivity contribution in [2.75, 3.05) is 0 Å². The standard InChI is InChI=1S/C15H20O5/c1-6-8-9(16)10-13(4)14(6,20-12(8,2)3)5-7-15(13,19-7)11(17)18-10/h6-10,16H,5H2,1-4H3/t6?,7-,8?,9?,10?,13?,14?,15+/m1/s1. The molecule has 0 amide bonds. The van der Waals surface area contributed by atoms with Crippen molar-refractivity contribution in [1.82, 2.24) is 0 Å². The van der Waals surface area contributed by atoms with Crippen molar-refractivity contribution in [2.24, 2.45) is 17.3 Å². The Morgan fingerprint density at radius 2 is 2.00 bits per heavy atom. The summed E-state index contributed by atoms with van der Waals surface area (Å²) in [6.07, 6.45) is -0.562. The lowest BCUT2D eigenvalue weighted by Gasteiger charge is -2.51. The van der Waals surface area contributed by atoms with Crippen LogP contribution in [0.5, 0.6) is 0 Å². The number of aliphatic hydroxyl groups excluding tert-OH is 1. The summed E-state index contributed by atoms with van der Waals surface area (Å²) < 4.78 is 17.9. The molecule has 110 valence electrons. The molecular formula is C15H20O5. The van der Waals surface area contributed by atoms with E-state index in [1.54, 1.807) is 0 Å². The molecule has 0 aromatic carbocycles. The zero-order valence-corrected chi connectivity index (χ0v) is 12.2. The first kappa shape index (κ1) is 12.0. The predicted octanol–water partition coefficient (Wildman–Crippen LogP) is 0.634. The number of ether oxygens (including phenoxy) is 3. The van der Waals surface area contributed by atoms with E-state index in [9.17, 15) is 9.90 Å². The number of carbonyl (C=O) groups is 1. The number of carbonyl (C=O) groups excluding carboxylic acids is 1. The summed E-state index contributed by atoms with van der Waals surface area (Å²) in [5, 5.41) is 10.8. The Bertz CT molecular complexity index is 558. The van der Waals surface area contributed by atoms with E-state index >= 15 is 0 Å². The highest BCUT2D eigenvalue weighted by atomic mass is 16.7. The molecule has 5 fully saturated rings. The molecule has 2 aliphatic carbocycles. The molecule has 0 radical (unpaired) electrons. The van der Waals surface area contributed by atoms with E-state index in [0.717, 1.165) is 6.42 Å². The Balaban J connectivity index is 1.80. The van der Waals surface area contributed by atoms with Crippen LogP contribution >= 0.6 is 0 Å². The van der Waals surface area contributed by atoms with Crippen molar-refractivity contribution in [3.05, 3.63) is 0 Å². The van der Waals surface area contributed by atoms with Gasteiger partial charge in [0, 0.05) is 12.3 Å². The molecule has 5 aliphatic rings. The maximum atomic E-state index is 12.3. The van der Waals surface area contributed by atoms with E-state index in [1.807, 2.05) is 20.8 Å². The first-order chi connectivity index (χ1) is 9.22. The molecule has 2 bridgehead atoms. The minimum absolute atomic E-state index is 0.0129. The fraction of sp³-hybridized carbons (Fsp3) is 0.933. The second kappa shape index (κ2) is 2.69. The van der Waals surface area contributed by atoms with E-state index in [1.165, 1.54) is 0 Å². The summed E-state index contributed by atoms with van der Waals surface area (Å²) in [6.45, 7) is 8.24. The lowest BCUT2D eigenvalue weighted by molar-refractivity contribution is -0.200. The smallest absolute Gasteiger partial charge is 0.342 e. The quantitative estimate of drug-likeness (QED) is 0.521. The van der Waals surface area contributed by atoms with Gasteiger partial charge in [-0.05, 0) is 26.7 Å². The molecule has 3 heterocycles. The number of rotatable bonds is 0.